The van der Waals surface area contributed by atoms with Crippen LogP contribution in [0.15, 0.2) is 30.3 Å². The number of hydrogen-bond donors (Lipinski definition) is 0. The monoisotopic (exact) mass is 246 g/mol. The van der Waals surface area contributed by atoms with Crippen LogP contribution >= 0.6 is 0 Å². The van der Waals surface area contributed by atoms with Crippen molar-refractivity contribution in [2.45, 2.75) is 26.3 Å². The molecule has 0 spiro atoms. The van der Waals surface area contributed by atoms with Crippen molar-refractivity contribution < 1.29 is 9.18 Å². The predicted molar refractivity (Wildman–Crippen MR) is 68.0 cm³/mol. The second kappa shape index (κ2) is 4.37. The fourth-order valence-electron chi connectivity index (χ4n) is 1.82. The van der Waals surface area contributed by atoms with E-state index in [0.29, 0.717) is 17.5 Å². The standard InChI is InChI=1S/C14H15FN2O/c1-14(2,3)17-13(8-12(9-18)16-17)10-5-4-6-11(15)7-10/h4-9H,1-3H3. The summed E-state index contributed by atoms with van der Waals surface area (Å²) in [7, 11) is 0. The lowest BCUT2D eigenvalue weighted by atomic mass is 10.1. The highest BCUT2D eigenvalue weighted by Crippen LogP contribution is 2.26. The molecule has 0 atom stereocenters. The maximum Gasteiger partial charge on any atom is 0.170 e. The molecule has 0 amide bonds. The van der Waals surface area contributed by atoms with Crippen molar-refractivity contribution in [1.29, 1.82) is 0 Å². The minimum Gasteiger partial charge on any atom is -0.296 e. The van der Waals surface area contributed by atoms with Gasteiger partial charge in [0.15, 0.2) is 6.29 Å². The lowest BCUT2D eigenvalue weighted by molar-refractivity contribution is 0.111. The van der Waals surface area contributed by atoms with Gasteiger partial charge in [-0.1, -0.05) is 12.1 Å². The maximum absolute atomic E-state index is 13.3. The summed E-state index contributed by atoms with van der Waals surface area (Å²) in [5.74, 6) is -0.304. The zero-order valence-electron chi connectivity index (χ0n) is 10.6. The van der Waals surface area contributed by atoms with E-state index in [9.17, 15) is 9.18 Å². The molecule has 2 aromatic rings. The molecule has 94 valence electrons. The van der Waals surface area contributed by atoms with Gasteiger partial charge in [0, 0.05) is 5.56 Å². The third-order valence-electron chi connectivity index (χ3n) is 2.60. The van der Waals surface area contributed by atoms with E-state index >= 15 is 0 Å². The van der Waals surface area contributed by atoms with E-state index in [1.54, 1.807) is 22.9 Å². The Morgan fingerprint density at radius 1 is 1.28 bits per heavy atom. The lowest BCUT2D eigenvalue weighted by Gasteiger charge is -2.22. The van der Waals surface area contributed by atoms with Gasteiger partial charge in [0.25, 0.3) is 0 Å². The van der Waals surface area contributed by atoms with Crippen molar-refractivity contribution in [3.05, 3.63) is 41.8 Å². The molecule has 0 aliphatic heterocycles. The Hall–Kier alpha value is -1.97. The number of carbonyl (C=O) groups excluding carboxylic acids is 1. The predicted octanol–water partition coefficient (Wildman–Crippen LogP) is 3.26. The van der Waals surface area contributed by atoms with Gasteiger partial charge in [-0.3, -0.25) is 9.48 Å². The molecule has 0 aliphatic carbocycles. The van der Waals surface area contributed by atoms with Crippen molar-refractivity contribution in [3.63, 3.8) is 0 Å². The first kappa shape index (κ1) is 12.5. The van der Waals surface area contributed by atoms with Crippen molar-refractivity contribution in [1.82, 2.24) is 9.78 Å². The second-order valence-corrected chi connectivity index (χ2v) is 5.17. The molecule has 1 aromatic heterocycles. The summed E-state index contributed by atoms with van der Waals surface area (Å²) >= 11 is 0. The highest BCUT2D eigenvalue weighted by Gasteiger charge is 2.20. The summed E-state index contributed by atoms with van der Waals surface area (Å²) < 4.78 is 15.0. The summed E-state index contributed by atoms with van der Waals surface area (Å²) in [5.41, 5.74) is 1.53. The van der Waals surface area contributed by atoms with Crippen LogP contribution in [0, 0.1) is 5.82 Å². The number of rotatable bonds is 2. The molecular formula is C14H15FN2O. The minimum absolute atomic E-state index is 0.275. The van der Waals surface area contributed by atoms with E-state index in [1.165, 1.54) is 12.1 Å². The number of aldehydes is 1. The fraction of sp³-hybridized carbons (Fsp3) is 0.286. The zero-order chi connectivity index (χ0) is 13.3. The van der Waals surface area contributed by atoms with Crippen LogP contribution in [-0.4, -0.2) is 16.1 Å². The number of nitrogens with zero attached hydrogens (tertiary/aromatic N) is 2. The number of carbonyl (C=O) groups is 1. The van der Waals surface area contributed by atoms with E-state index in [-0.39, 0.29) is 11.4 Å². The molecule has 0 saturated carbocycles. The van der Waals surface area contributed by atoms with E-state index in [2.05, 4.69) is 5.10 Å². The first-order valence-electron chi connectivity index (χ1n) is 5.73. The lowest BCUT2D eigenvalue weighted by Crippen LogP contribution is -2.24. The summed E-state index contributed by atoms with van der Waals surface area (Å²) in [6, 6.07) is 7.95. The largest absolute Gasteiger partial charge is 0.296 e. The molecule has 3 nitrogen and oxygen atoms in total. The number of hydrogen-bond acceptors (Lipinski definition) is 2. The van der Waals surface area contributed by atoms with Crippen molar-refractivity contribution in [3.8, 4) is 11.3 Å². The highest BCUT2D eigenvalue weighted by molar-refractivity contribution is 5.75. The molecule has 0 radical (unpaired) electrons. The Balaban J connectivity index is 2.63. The molecule has 4 heteroatoms. The first-order chi connectivity index (χ1) is 8.41. The van der Waals surface area contributed by atoms with Crippen LogP contribution in [0.2, 0.25) is 0 Å². The summed E-state index contributed by atoms with van der Waals surface area (Å²) in [4.78, 5) is 10.8. The Labute approximate surface area is 105 Å². The molecule has 2 rings (SSSR count). The minimum atomic E-state index is -0.304. The SMILES string of the molecule is CC(C)(C)n1nc(C=O)cc1-c1cccc(F)c1. The second-order valence-electron chi connectivity index (χ2n) is 5.17. The molecule has 0 fully saturated rings. The van der Waals surface area contributed by atoms with Gasteiger partial charge in [-0.2, -0.15) is 5.10 Å². The first-order valence-corrected chi connectivity index (χ1v) is 5.73. The fourth-order valence-corrected chi connectivity index (χ4v) is 1.82. The average molecular weight is 246 g/mol. The Morgan fingerprint density at radius 2 is 2.00 bits per heavy atom. The quantitative estimate of drug-likeness (QED) is 0.762. The van der Waals surface area contributed by atoms with Gasteiger partial charge in [0.2, 0.25) is 0 Å². The molecular weight excluding hydrogens is 231 g/mol. The molecule has 0 bridgehead atoms. The Kier molecular flexibility index (Phi) is 3.03. The van der Waals surface area contributed by atoms with Crippen molar-refractivity contribution >= 4 is 6.29 Å². The van der Waals surface area contributed by atoms with Crippen LogP contribution in [0.5, 0.6) is 0 Å². The van der Waals surface area contributed by atoms with Gasteiger partial charge < -0.3 is 0 Å². The van der Waals surface area contributed by atoms with Crippen LogP contribution in [-0.2, 0) is 5.54 Å². The van der Waals surface area contributed by atoms with E-state index in [0.717, 1.165) is 5.69 Å². The van der Waals surface area contributed by atoms with Crippen LogP contribution in [0.3, 0.4) is 0 Å². The van der Waals surface area contributed by atoms with Crippen LogP contribution < -0.4 is 0 Å². The van der Waals surface area contributed by atoms with Gasteiger partial charge in [0.05, 0.1) is 11.2 Å². The number of aromatic nitrogens is 2. The average Bonchev–Trinajstić information content (AvgIpc) is 2.72. The van der Waals surface area contributed by atoms with Gasteiger partial charge in [-0.15, -0.1) is 0 Å². The van der Waals surface area contributed by atoms with Crippen LogP contribution in [0.1, 0.15) is 31.3 Å². The topological polar surface area (TPSA) is 34.9 Å². The zero-order valence-corrected chi connectivity index (χ0v) is 10.6. The van der Waals surface area contributed by atoms with Crippen LogP contribution in [0.25, 0.3) is 11.3 Å². The summed E-state index contributed by atoms with van der Waals surface area (Å²) in [6.45, 7) is 5.95. The van der Waals surface area contributed by atoms with Gasteiger partial charge in [-0.05, 0) is 39.0 Å². The van der Waals surface area contributed by atoms with E-state index in [1.807, 2.05) is 20.8 Å². The summed E-state index contributed by atoms with van der Waals surface area (Å²) in [6.07, 6.45) is 0.699. The molecule has 1 heterocycles. The Bertz CT molecular complexity index is 582. The van der Waals surface area contributed by atoms with Crippen LogP contribution in [0.4, 0.5) is 4.39 Å². The molecule has 0 N–H and O–H groups in total. The smallest absolute Gasteiger partial charge is 0.170 e. The Morgan fingerprint density at radius 3 is 2.56 bits per heavy atom. The normalized spacial score (nSPS) is 11.6. The van der Waals surface area contributed by atoms with Crippen molar-refractivity contribution in [2.24, 2.45) is 0 Å². The van der Waals surface area contributed by atoms with Crippen molar-refractivity contribution in [2.75, 3.05) is 0 Å². The molecule has 0 unspecified atom stereocenters. The molecule has 0 saturated heterocycles. The van der Waals surface area contributed by atoms with Gasteiger partial charge in [0.1, 0.15) is 11.5 Å². The van der Waals surface area contributed by atoms with Gasteiger partial charge in [-0.25, -0.2) is 4.39 Å². The molecule has 18 heavy (non-hydrogen) atoms. The number of halogens is 1. The maximum atomic E-state index is 13.3. The van der Waals surface area contributed by atoms with E-state index in [4.69, 9.17) is 0 Å². The van der Waals surface area contributed by atoms with Gasteiger partial charge >= 0.3 is 0 Å². The number of benzene rings is 1. The third kappa shape index (κ3) is 2.32. The molecule has 1 aromatic carbocycles. The summed E-state index contributed by atoms with van der Waals surface area (Å²) in [5, 5.41) is 4.23. The highest BCUT2D eigenvalue weighted by atomic mass is 19.1. The van der Waals surface area contributed by atoms with E-state index < -0.39 is 0 Å². The molecule has 0 aliphatic rings. The third-order valence-corrected chi connectivity index (χ3v) is 2.60.